The quantitative estimate of drug-likeness (QED) is 0.448. The second kappa shape index (κ2) is 17.5. The molecule has 1 saturated heterocycles. The molecule has 0 aromatic carbocycles. The zero-order valence-electron chi connectivity index (χ0n) is 16.3. The van der Waals surface area contributed by atoms with E-state index in [-0.39, 0.29) is 38.2 Å². The second-order valence-corrected chi connectivity index (χ2v) is 5.81. The predicted molar refractivity (Wildman–Crippen MR) is 100 cm³/mol. The van der Waals surface area contributed by atoms with Crippen LogP contribution in [0.5, 0.6) is 0 Å². The summed E-state index contributed by atoms with van der Waals surface area (Å²) in [7, 11) is 0. The highest BCUT2D eigenvalue weighted by molar-refractivity contribution is 5.77. The normalized spacial score (nSPS) is 23.1. The Morgan fingerprint density at radius 1 is 0.893 bits per heavy atom. The molecule has 28 heavy (non-hydrogen) atoms. The average Bonchev–Trinajstić information content (AvgIpc) is 2.68. The molecule has 0 aliphatic carbocycles. The lowest BCUT2D eigenvalue weighted by molar-refractivity contribution is -0.135. The zero-order valence-corrected chi connectivity index (χ0v) is 16.3. The number of amides is 2. The summed E-state index contributed by atoms with van der Waals surface area (Å²) in [6.45, 7) is 7.30. The Hall–Kier alpha value is -1.56. The van der Waals surface area contributed by atoms with Crippen LogP contribution in [0.25, 0.3) is 0 Å². The van der Waals surface area contributed by atoms with Gasteiger partial charge in [0.05, 0.1) is 59.5 Å². The number of hydrogen-bond donors (Lipinski definition) is 2. The summed E-state index contributed by atoms with van der Waals surface area (Å²) in [4.78, 5) is 23.6. The van der Waals surface area contributed by atoms with Gasteiger partial charge in [-0.05, 0) is 0 Å². The first-order chi connectivity index (χ1) is 13.7. The summed E-state index contributed by atoms with van der Waals surface area (Å²) in [5.41, 5.74) is 0. The number of nitrogens with one attached hydrogen (secondary N) is 2. The van der Waals surface area contributed by atoms with E-state index in [1.807, 2.05) is 0 Å². The molecule has 1 rings (SSSR count). The molecular weight excluding hydrogens is 372 g/mol. The number of carbonyl (C=O) groups is 2. The van der Waals surface area contributed by atoms with Crippen LogP contribution in [0.4, 0.5) is 0 Å². The van der Waals surface area contributed by atoms with E-state index in [1.165, 1.54) is 0 Å². The van der Waals surface area contributed by atoms with Crippen molar-refractivity contribution in [2.45, 2.75) is 6.10 Å². The van der Waals surface area contributed by atoms with Crippen LogP contribution < -0.4 is 10.6 Å². The van der Waals surface area contributed by atoms with Crippen molar-refractivity contribution in [2.75, 3.05) is 85.8 Å². The fourth-order valence-electron chi connectivity index (χ4n) is 2.07. The Morgan fingerprint density at radius 2 is 1.46 bits per heavy atom. The lowest BCUT2D eigenvalue weighted by atomic mass is 10.4. The van der Waals surface area contributed by atoms with Gasteiger partial charge in [0.2, 0.25) is 11.8 Å². The first kappa shape index (κ1) is 24.5. The van der Waals surface area contributed by atoms with Gasteiger partial charge in [0.15, 0.2) is 0 Å². The Labute approximate surface area is 165 Å². The molecule has 0 aromatic heterocycles. The molecule has 0 spiro atoms. The van der Waals surface area contributed by atoms with E-state index in [4.69, 9.17) is 28.4 Å². The van der Waals surface area contributed by atoms with Crippen molar-refractivity contribution in [3.05, 3.63) is 12.7 Å². The summed E-state index contributed by atoms with van der Waals surface area (Å²) in [6, 6.07) is 0. The highest BCUT2D eigenvalue weighted by Crippen LogP contribution is 1.96. The molecule has 1 aliphatic heterocycles. The Balaban J connectivity index is 2.41. The highest BCUT2D eigenvalue weighted by atomic mass is 16.6. The van der Waals surface area contributed by atoms with Crippen molar-refractivity contribution in [2.24, 2.45) is 0 Å². The molecule has 1 aliphatic rings. The molecule has 162 valence electrons. The average molecular weight is 404 g/mol. The fourth-order valence-corrected chi connectivity index (χ4v) is 2.07. The summed E-state index contributed by atoms with van der Waals surface area (Å²) < 4.78 is 32.3. The monoisotopic (exact) mass is 404 g/mol. The van der Waals surface area contributed by atoms with Crippen LogP contribution in [0.1, 0.15) is 0 Å². The fraction of sp³-hybridized carbons (Fsp3) is 0.778. The number of carbonyl (C=O) groups excluding carboxylic acids is 2. The molecule has 1 fully saturated rings. The van der Waals surface area contributed by atoms with Gasteiger partial charge in [-0.1, -0.05) is 6.08 Å². The molecule has 0 aromatic rings. The molecule has 2 amide bonds. The van der Waals surface area contributed by atoms with Gasteiger partial charge in [-0.2, -0.15) is 0 Å². The zero-order chi connectivity index (χ0) is 20.3. The Morgan fingerprint density at radius 3 is 2.07 bits per heavy atom. The molecule has 10 nitrogen and oxygen atoms in total. The first-order valence-corrected chi connectivity index (χ1v) is 9.37. The van der Waals surface area contributed by atoms with Gasteiger partial charge >= 0.3 is 0 Å². The first-order valence-electron chi connectivity index (χ1n) is 9.37. The number of ether oxygens (including phenoxy) is 6. The smallest absolute Gasteiger partial charge is 0.246 e. The van der Waals surface area contributed by atoms with Crippen LogP contribution in [-0.2, 0) is 38.0 Å². The van der Waals surface area contributed by atoms with Crippen LogP contribution in [0.3, 0.4) is 0 Å². The van der Waals surface area contributed by atoms with Crippen LogP contribution in [0.2, 0.25) is 0 Å². The van der Waals surface area contributed by atoms with Crippen LogP contribution in [0, 0.1) is 0 Å². The standard InChI is InChI=1S/C18H32N2O8/c1-2-5-26-12-16-13-27-14-17(21)19-3-6-23-8-10-25-11-9-24-7-4-20-18(22)15-28-16/h2,16H,1,3-15H2,(H,19,21)(H,20,22). The summed E-state index contributed by atoms with van der Waals surface area (Å²) in [5.74, 6) is -0.527. The topological polar surface area (TPSA) is 114 Å². The van der Waals surface area contributed by atoms with Gasteiger partial charge in [-0.25, -0.2) is 0 Å². The largest absolute Gasteiger partial charge is 0.377 e. The summed E-state index contributed by atoms with van der Waals surface area (Å²) in [6.07, 6.45) is 1.13. The number of hydrogen-bond acceptors (Lipinski definition) is 8. The summed E-state index contributed by atoms with van der Waals surface area (Å²) >= 11 is 0. The molecular formula is C18H32N2O8. The molecule has 10 heteroatoms. The molecule has 1 atom stereocenters. The minimum absolute atomic E-state index is 0.117. The third-order valence-corrected chi connectivity index (χ3v) is 3.41. The van der Waals surface area contributed by atoms with Gasteiger partial charge in [0.25, 0.3) is 0 Å². The molecule has 0 bridgehead atoms. The Bertz CT molecular complexity index is 436. The third-order valence-electron chi connectivity index (χ3n) is 3.41. The second-order valence-electron chi connectivity index (χ2n) is 5.81. The van der Waals surface area contributed by atoms with Crippen molar-refractivity contribution in [3.8, 4) is 0 Å². The molecule has 0 radical (unpaired) electrons. The highest BCUT2D eigenvalue weighted by Gasteiger charge is 2.13. The van der Waals surface area contributed by atoms with Crippen molar-refractivity contribution >= 4 is 11.8 Å². The van der Waals surface area contributed by atoms with Crippen LogP contribution in [0.15, 0.2) is 12.7 Å². The van der Waals surface area contributed by atoms with Crippen molar-refractivity contribution in [1.29, 1.82) is 0 Å². The van der Waals surface area contributed by atoms with Gasteiger partial charge < -0.3 is 39.1 Å². The minimum atomic E-state index is -0.482. The van der Waals surface area contributed by atoms with Gasteiger partial charge in [0, 0.05) is 13.1 Å². The molecule has 0 saturated carbocycles. The lowest BCUT2D eigenvalue weighted by Gasteiger charge is -2.18. The third kappa shape index (κ3) is 14.5. The SMILES string of the molecule is C=CCOCC1COCC(=O)NCCOCCOCCOCCNC(=O)CO1. The summed E-state index contributed by atoms with van der Waals surface area (Å²) in [5, 5.41) is 5.38. The maximum Gasteiger partial charge on any atom is 0.246 e. The van der Waals surface area contributed by atoms with Gasteiger partial charge in [0.1, 0.15) is 19.3 Å². The van der Waals surface area contributed by atoms with Gasteiger partial charge in [-0.3, -0.25) is 9.59 Å². The van der Waals surface area contributed by atoms with E-state index in [0.717, 1.165) is 0 Å². The molecule has 1 unspecified atom stereocenters. The van der Waals surface area contributed by atoms with Crippen LogP contribution >= 0.6 is 0 Å². The Kier molecular flexibility index (Phi) is 15.3. The van der Waals surface area contributed by atoms with Gasteiger partial charge in [-0.15, -0.1) is 6.58 Å². The van der Waals surface area contributed by atoms with E-state index in [1.54, 1.807) is 6.08 Å². The van der Waals surface area contributed by atoms with Crippen molar-refractivity contribution < 1.29 is 38.0 Å². The number of rotatable bonds is 4. The predicted octanol–water partition coefficient (Wildman–Crippen LogP) is -1.11. The van der Waals surface area contributed by atoms with E-state index in [0.29, 0.717) is 59.3 Å². The van der Waals surface area contributed by atoms with Crippen molar-refractivity contribution in [3.63, 3.8) is 0 Å². The maximum atomic E-state index is 11.8. The van der Waals surface area contributed by atoms with E-state index < -0.39 is 6.10 Å². The molecule has 1 heterocycles. The van der Waals surface area contributed by atoms with E-state index >= 15 is 0 Å². The van der Waals surface area contributed by atoms with Crippen LogP contribution in [-0.4, -0.2) is 104 Å². The lowest BCUT2D eigenvalue weighted by Crippen LogP contribution is -2.36. The van der Waals surface area contributed by atoms with Crippen molar-refractivity contribution in [1.82, 2.24) is 10.6 Å². The maximum absolute atomic E-state index is 11.8. The van der Waals surface area contributed by atoms with E-state index in [9.17, 15) is 9.59 Å². The minimum Gasteiger partial charge on any atom is -0.377 e. The molecule has 2 N–H and O–H groups in total. The van der Waals surface area contributed by atoms with E-state index in [2.05, 4.69) is 17.2 Å².